The fourth-order valence-corrected chi connectivity index (χ4v) is 4.45. The summed E-state index contributed by atoms with van der Waals surface area (Å²) in [4.78, 5) is 6.01. The van der Waals surface area contributed by atoms with E-state index in [4.69, 9.17) is 20.2 Å². The average Bonchev–Trinajstić information content (AvgIpc) is 3.30. The summed E-state index contributed by atoms with van der Waals surface area (Å²) in [6.45, 7) is 1.22. The molecular formula is C28H28FN5O2. The number of benzene rings is 3. The van der Waals surface area contributed by atoms with E-state index < -0.39 is 11.4 Å². The molecule has 0 aliphatic heterocycles. The van der Waals surface area contributed by atoms with Gasteiger partial charge in [-0.15, -0.1) is 0 Å². The van der Waals surface area contributed by atoms with E-state index >= 15 is 0 Å². The van der Waals surface area contributed by atoms with Crippen molar-refractivity contribution in [3.05, 3.63) is 77.6 Å². The number of hydrogen-bond acceptors (Lipinski definition) is 6. The number of amidine groups is 1. The lowest BCUT2D eigenvalue weighted by molar-refractivity contribution is -0.0314. The van der Waals surface area contributed by atoms with Gasteiger partial charge in [-0.3, -0.25) is 10.8 Å². The van der Waals surface area contributed by atoms with Crippen LogP contribution in [0.1, 0.15) is 30.4 Å². The molecule has 0 radical (unpaired) electrons. The van der Waals surface area contributed by atoms with Crippen molar-refractivity contribution >= 4 is 23.3 Å². The average molecular weight is 486 g/mol. The highest BCUT2D eigenvalue weighted by molar-refractivity contribution is 6.06. The van der Waals surface area contributed by atoms with Gasteiger partial charge >= 0.3 is 0 Å². The summed E-state index contributed by atoms with van der Waals surface area (Å²) in [5, 5.41) is 29.4. The molecule has 1 aromatic heterocycles. The van der Waals surface area contributed by atoms with E-state index in [1.807, 2.05) is 42.5 Å². The van der Waals surface area contributed by atoms with E-state index in [2.05, 4.69) is 5.32 Å². The third kappa shape index (κ3) is 4.78. The monoisotopic (exact) mass is 485 g/mol. The Morgan fingerprint density at radius 1 is 1.17 bits per heavy atom. The van der Waals surface area contributed by atoms with Crippen LogP contribution in [0.25, 0.3) is 33.7 Å². The predicted molar refractivity (Wildman–Crippen MR) is 139 cm³/mol. The summed E-state index contributed by atoms with van der Waals surface area (Å²) < 4.78 is 20.1. The summed E-state index contributed by atoms with van der Waals surface area (Å²) >= 11 is 0. The van der Waals surface area contributed by atoms with Crippen LogP contribution in [0, 0.1) is 16.6 Å². The highest BCUT2D eigenvalue weighted by Crippen LogP contribution is 2.32. The molecule has 3 aromatic carbocycles. The van der Waals surface area contributed by atoms with Crippen LogP contribution >= 0.6 is 0 Å². The first-order valence-corrected chi connectivity index (χ1v) is 11.9. The van der Waals surface area contributed by atoms with Crippen molar-refractivity contribution in [2.24, 2.45) is 0 Å². The predicted octanol–water partition coefficient (Wildman–Crippen LogP) is 5.17. The molecule has 0 saturated heterocycles. The maximum Gasteiger partial charge on any atom is 0.227 e. The lowest BCUT2D eigenvalue weighted by Gasteiger charge is -2.36. The van der Waals surface area contributed by atoms with Crippen LogP contribution in [0.15, 0.2) is 65.1 Å². The normalized spacial score (nSPS) is 14.4. The number of fused-ring (bicyclic) bond motifs is 1. The molecule has 4 N–H and O–H groups in total. The first-order chi connectivity index (χ1) is 17.3. The fraction of sp³-hybridized carbons (Fsp3) is 0.250. The van der Waals surface area contributed by atoms with Crippen molar-refractivity contribution in [3.8, 4) is 22.6 Å². The van der Waals surface area contributed by atoms with E-state index in [1.165, 1.54) is 17.0 Å². The van der Waals surface area contributed by atoms with Gasteiger partial charge in [0.05, 0.1) is 11.9 Å². The van der Waals surface area contributed by atoms with Crippen LogP contribution in [0.2, 0.25) is 0 Å². The topological polar surface area (TPSA) is 109 Å². The highest BCUT2D eigenvalue weighted by atomic mass is 19.1. The molecule has 0 bridgehead atoms. The van der Waals surface area contributed by atoms with E-state index in [1.54, 1.807) is 13.1 Å². The molecule has 36 heavy (non-hydrogen) atoms. The van der Waals surface area contributed by atoms with Gasteiger partial charge in [0.1, 0.15) is 17.2 Å². The first kappa shape index (κ1) is 23.8. The van der Waals surface area contributed by atoms with Gasteiger partial charge in [0.25, 0.3) is 0 Å². The van der Waals surface area contributed by atoms with Gasteiger partial charge < -0.3 is 19.7 Å². The Balaban J connectivity index is 1.41. The Bertz CT molecular complexity index is 1440. The van der Waals surface area contributed by atoms with Gasteiger partial charge in [-0.2, -0.15) is 0 Å². The number of oxazole rings is 1. The SMILES string of the molecule is CN(C=N)C(=N)c1cc(F)ccc1-c1cccc(-c2nc3cc(CNCC4(O)CCC4)ccc3o2)c1. The molecular weight excluding hydrogens is 457 g/mol. The second-order valence-electron chi connectivity index (χ2n) is 9.36. The van der Waals surface area contributed by atoms with Gasteiger partial charge in [0, 0.05) is 31.3 Å². The van der Waals surface area contributed by atoms with Crippen LogP contribution in [-0.4, -0.2) is 46.4 Å². The van der Waals surface area contributed by atoms with E-state index in [0.717, 1.165) is 47.8 Å². The van der Waals surface area contributed by atoms with Crippen molar-refractivity contribution in [1.82, 2.24) is 15.2 Å². The maximum absolute atomic E-state index is 14.0. The van der Waals surface area contributed by atoms with E-state index in [-0.39, 0.29) is 5.84 Å². The van der Waals surface area contributed by atoms with Crippen molar-refractivity contribution in [2.75, 3.05) is 13.6 Å². The summed E-state index contributed by atoms with van der Waals surface area (Å²) in [6.07, 6.45) is 3.80. The molecule has 0 unspecified atom stereocenters. The second kappa shape index (κ2) is 9.64. The quantitative estimate of drug-likeness (QED) is 0.203. The molecule has 1 aliphatic carbocycles. The zero-order valence-corrected chi connectivity index (χ0v) is 20.0. The molecule has 1 aliphatic rings. The Hall–Kier alpha value is -3.88. The summed E-state index contributed by atoms with van der Waals surface area (Å²) in [6, 6.07) is 17.7. The Labute approximate surface area is 208 Å². The molecule has 1 heterocycles. The van der Waals surface area contributed by atoms with Crippen LogP contribution in [0.3, 0.4) is 0 Å². The third-order valence-electron chi connectivity index (χ3n) is 6.72. The smallest absolute Gasteiger partial charge is 0.227 e. The number of nitrogens with one attached hydrogen (secondary N) is 3. The largest absolute Gasteiger partial charge is 0.436 e. The van der Waals surface area contributed by atoms with Gasteiger partial charge in [-0.05, 0) is 72.4 Å². The summed E-state index contributed by atoms with van der Waals surface area (Å²) in [7, 11) is 1.58. The van der Waals surface area contributed by atoms with Crippen LogP contribution < -0.4 is 5.32 Å². The summed E-state index contributed by atoms with van der Waals surface area (Å²) in [5.74, 6) is 0.0486. The zero-order valence-electron chi connectivity index (χ0n) is 20.0. The molecule has 7 nitrogen and oxygen atoms in total. The number of hydrogen-bond donors (Lipinski definition) is 4. The fourth-order valence-electron chi connectivity index (χ4n) is 4.45. The Kier molecular flexibility index (Phi) is 6.38. The number of rotatable bonds is 8. The lowest BCUT2D eigenvalue weighted by atomic mass is 9.80. The Morgan fingerprint density at radius 2 is 1.97 bits per heavy atom. The minimum absolute atomic E-state index is 0.0253. The van der Waals surface area contributed by atoms with E-state index in [9.17, 15) is 9.50 Å². The lowest BCUT2D eigenvalue weighted by Crippen LogP contribution is -2.45. The van der Waals surface area contributed by atoms with Crippen molar-refractivity contribution in [1.29, 1.82) is 10.8 Å². The molecule has 0 amide bonds. The molecule has 0 spiro atoms. The first-order valence-electron chi connectivity index (χ1n) is 11.9. The van der Waals surface area contributed by atoms with Crippen LogP contribution in [0.4, 0.5) is 4.39 Å². The van der Waals surface area contributed by atoms with Gasteiger partial charge in [-0.25, -0.2) is 9.37 Å². The standard InChI is InChI=1S/C28H28FN5O2/c1-34(17-30)26(31)23-14-21(29)7-8-22(23)19-4-2-5-20(13-19)27-33-24-12-18(6-9-25(24)36-27)15-32-16-28(35)10-3-11-28/h2,4-9,12-14,17,30-32,35H,3,10-11,15-16H2,1H3. The van der Waals surface area contributed by atoms with E-state index in [0.29, 0.717) is 35.7 Å². The molecule has 4 aromatic rings. The zero-order chi connectivity index (χ0) is 25.3. The Morgan fingerprint density at radius 3 is 2.72 bits per heavy atom. The van der Waals surface area contributed by atoms with Gasteiger partial charge in [0.15, 0.2) is 5.58 Å². The molecule has 0 atom stereocenters. The molecule has 1 saturated carbocycles. The molecule has 184 valence electrons. The minimum atomic E-state index is -0.562. The number of aromatic nitrogens is 1. The third-order valence-corrected chi connectivity index (χ3v) is 6.72. The minimum Gasteiger partial charge on any atom is -0.436 e. The number of aliphatic hydroxyl groups is 1. The second-order valence-corrected chi connectivity index (χ2v) is 9.36. The maximum atomic E-state index is 14.0. The van der Waals surface area contributed by atoms with Crippen LogP contribution in [-0.2, 0) is 6.54 Å². The van der Waals surface area contributed by atoms with Gasteiger partial charge in [-0.1, -0.05) is 24.3 Å². The van der Waals surface area contributed by atoms with Gasteiger partial charge in [0.2, 0.25) is 5.89 Å². The van der Waals surface area contributed by atoms with Crippen molar-refractivity contribution < 1.29 is 13.9 Å². The van der Waals surface area contributed by atoms with Crippen molar-refractivity contribution in [3.63, 3.8) is 0 Å². The molecule has 5 rings (SSSR count). The summed E-state index contributed by atoms with van der Waals surface area (Å²) in [5.41, 5.74) is 4.53. The number of nitrogens with zero attached hydrogens (tertiary/aromatic N) is 2. The van der Waals surface area contributed by atoms with Crippen LogP contribution in [0.5, 0.6) is 0 Å². The van der Waals surface area contributed by atoms with Crippen molar-refractivity contribution in [2.45, 2.75) is 31.4 Å². The molecule has 8 heteroatoms. The highest BCUT2D eigenvalue weighted by Gasteiger charge is 2.33. The molecule has 1 fully saturated rings. The number of halogens is 1.